The highest BCUT2D eigenvalue weighted by atomic mass is 32.1. The molecule has 0 amide bonds. The minimum Gasteiger partial charge on any atom is -0.385 e. The molecule has 0 saturated heterocycles. The maximum Gasteiger partial charge on any atom is 0.0467 e. The summed E-state index contributed by atoms with van der Waals surface area (Å²) in [5.41, 5.74) is 1.69. The van der Waals surface area contributed by atoms with Gasteiger partial charge in [-0.05, 0) is 34.2 Å². The van der Waals surface area contributed by atoms with Crippen molar-refractivity contribution in [3.8, 4) is 0 Å². The molecule has 0 radical (unpaired) electrons. The van der Waals surface area contributed by atoms with Crippen molar-refractivity contribution in [1.29, 1.82) is 0 Å². The molecular formula is C12H21NOS. The van der Waals surface area contributed by atoms with Crippen LogP contribution in [0.5, 0.6) is 0 Å². The topological polar surface area (TPSA) is 21.3 Å². The molecule has 1 heterocycles. The van der Waals surface area contributed by atoms with E-state index in [0.717, 1.165) is 26.1 Å². The molecule has 1 aromatic heterocycles. The van der Waals surface area contributed by atoms with E-state index in [1.54, 1.807) is 18.4 Å². The van der Waals surface area contributed by atoms with Crippen LogP contribution in [0.1, 0.15) is 25.8 Å². The summed E-state index contributed by atoms with van der Waals surface area (Å²) in [7, 11) is 1.76. The van der Waals surface area contributed by atoms with Crippen LogP contribution in [0.15, 0.2) is 16.8 Å². The zero-order chi connectivity index (χ0) is 11.1. The van der Waals surface area contributed by atoms with Crippen LogP contribution in [-0.4, -0.2) is 20.3 Å². The second-order valence-electron chi connectivity index (χ2n) is 4.64. The number of nitrogens with one attached hydrogen (secondary N) is 1. The third-order valence-electron chi connectivity index (χ3n) is 2.50. The highest BCUT2D eigenvalue weighted by molar-refractivity contribution is 7.07. The first-order valence-corrected chi connectivity index (χ1v) is 6.29. The van der Waals surface area contributed by atoms with E-state index >= 15 is 0 Å². The number of methoxy groups -OCH3 is 1. The maximum atomic E-state index is 5.10. The molecule has 3 heteroatoms. The van der Waals surface area contributed by atoms with E-state index in [9.17, 15) is 0 Å². The Balaban J connectivity index is 2.18. The van der Waals surface area contributed by atoms with Crippen molar-refractivity contribution < 1.29 is 4.74 Å². The molecule has 0 aliphatic heterocycles. The SMILES string of the molecule is COCCC(C)(C)CNCc1ccsc1. The summed E-state index contributed by atoms with van der Waals surface area (Å²) in [6.45, 7) is 7.39. The number of hydrogen-bond donors (Lipinski definition) is 1. The van der Waals surface area contributed by atoms with Crippen molar-refractivity contribution in [2.24, 2.45) is 5.41 Å². The molecule has 0 unspecified atom stereocenters. The average Bonchev–Trinajstić information content (AvgIpc) is 2.67. The van der Waals surface area contributed by atoms with Crippen LogP contribution in [0.2, 0.25) is 0 Å². The van der Waals surface area contributed by atoms with Crippen LogP contribution >= 0.6 is 11.3 Å². The molecule has 1 N–H and O–H groups in total. The van der Waals surface area contributed by atoms with Gasteiger partial charge in [-0.15, -0.1) is 0 Å². The summed E-state index contributed by atoms with van der Waals surface area (Å²) < 4.78 is 5.10. The third-order valence-corrected chi connectivity index (χ3v) is 3.23. The van der Waals surface area contributed by atoms with Gasteiger partial charge in [0.05, 0.1) is 0 Å². The summed E-state index contributed by atoms with van der Waals surface area (Å²) in [6.07, 6.45) is 1.10. The lowest BCUT2D eigenvalue weighted by molar-refractivity contribution is 0.150. The van der Waals surface area contributed by atoms with Gasteiger partial charge in [0.15, 0.2) is 0 Å². The molecule has 2 nitrogen and oxygen atoms in total. The van der Waals surface area contributed by atoms with Gasteiger partial charge in [0.2, 0.25) is 0 Å². The van der Waals surface area contributed by atoms with Gasteiger partial charge in [-0.2, -0.15) is 11.3 Å². The molecule has 86 valence electrons. The highest BCUT2D eigenvalue weighted by Crippen LogP contribution is 2.19. The van der Waals surface area contributed by atoms with Crippen LogP contribution in [0, 0.1) is 5.41 Å². The fourth-order valence-electron chi connectivity index (χ4n) is 1.41. The van der Waals surface area contributed by atoms with Gasteiger partial charge in [0.25, 0.3) is 0 Å². The van der Waals surface area contributed by atoms with Crippen molar-refractivity contribution in [1.82, 2.24) is 5.32 Å². The predicted octanol–water partition coefficient (Wildman–Crippen LogP) is 2.90. The quantitative estimate of drug-likeness (QED) is 0.773. The molecule has 0 aliphatic rings. The molecular weight excluding hydrogens is 206 g/mol. The monoisotopic (exact) mass is 227 g/mol. The van der Waals surface area contributed by atoms with Crippen LogP contribution < -0.4 is 5.32 Å². The summed E-state index contributed by atoms with van der Waals surface area (Å²) in [4.78, 5) is 0. The highest BCUT2D eigenvalue weighted by Gasteiger charge is 2.16. The summed E-state index contributed by atoms with van der Waals surface area (Å²) in [5.74, 6) is 0. The molecule has 0 bridgehead atoms. The first kappa shape index (κ1) is 12.7. The van der Waals surface area contributed by atoms with Gasteiger partial charge in [-0.25, -0.2) is 0 Å². The fraction of sp³-hybridized carbons (Fsp3) is 0.667. The van der Waals surface area contributed by atoms with E-state index in [1.165, 1.54) is 5.56 Å². The van der Waals surface area contributed by atoms with Crippen LogP contribution in [0.3, 0.4) is 0 Å². The Morgan fingerprint density at radius 3 is 2.87 bits per heavy atom. The van der Waals surface area contributed by atoms with E-state index in [2.05, 4.69) is 36.0 Å². The predicted molar refractivity (Wildman–Crippen MR) is 66.3 cm³/mol. The Labute approximate surface area is 96.7 Å². The Morgan fingerprint density at radius 2 is 2.27 bits per heavy atom. The lowest BCUT2D eigenvalue weighted by Gasteiger charge is -2.24. The summed E-state index contributed by atoms with van der Waals surface area (Å²) in [6, 6.07) is 2.17. The molecule has 15 heavy (non-hydrogen) atoms. The van der Waals surface area contributed by atoms with E-state index in [4.69, 9.17) is 4.74 Å². The average molecular weight is 227 g/mol. The van der Waals surface area contributed by atoms with Crippen molar-refractivity contribution in [2.75, 3.05) is 20.3 Å². The minimum atomic E-state index is 0.312. The smallest absolute Gasteiger partial charge is 0.0467 e. The van der Waals surface area contributed by atoms with Crippen LogP contribution in [0.25, 0.3) is 0 Å². The van der Waals surface area contributed by atoms with Crippen molar-refractivity contribution in [2.45, 2.75) is 26.8 Å². The number of ether oxygens (including phenoxy) is 1. The molecule has 0 aliphatic carbocycles. The molecule has 0 spiro atoms. The number of thiophene rings is 1. The maximum absolute atomic E-state index is 5.10. The molecule has 1 aromatic rings. The largest absolute Gasteiger partial charge is 0.385 e. The zero-order valence-electron chi connectivity index (χ0n) is 9.88. The molecule has 0 saturated carbocycles. The normalized spacial score (nSPS) is 11.9. The molecule has 1 rings (SSSR count). The van der Waals surface area contributed by atoms with Crippen molar-refractivity contribution >= 4 is 11.3 Å². The van der Waals surface area contributed by atoms with Crippen molar-refractivity contribution in [3.63, 3.8) is 0 Å². The van der Waals surface area contributed by atoms with Crippen LogP contribution in [-0.2, 0) is 11.3 Å². The zero-order valence-corrected chi connectivity index (χ0v) is 10.7. The van der Waals surface area contributed by atoms with Gasteiger partial charge in [0.1, 0.15) is 0 Å². The Morgan fingerprint density at radius 1 is 1.47 bits per heavy atom. The van der Waals surface area contributed by atoms with Gasteiger partial charge in [0, 0.05) is 26.8 Å². The Kier molecular flexibility index (Phi) is 5.29. The molecule has 0 aromatic carbocycles. The Bertz CT molecular complexity index is 257. The first-order chi connectivity index (χ1) is 7.14. The Hall–Kier alpha value is -0.380. The summed E-state index contributed by atoms with van der Waals surface area (Å²) in [5, 5.41) is 7.80. The van der Waals surface area contributed by atoms with Gasteiger partial charge < -0.3 is 10.1 Å². The standard InChI is InChI=1S/C12H21NOS/c1-12(2,5-6-14-3)10-13-8-11-4-7-15-9-11/h4,7,9,13H,5-6,8,10H2,1-3H3. The van der Waals surface area contributed by atoms with E-state index in [-0.39, 0.29) is 0 Å². The molecule has 0 atom stereocenters. The third kappa shape index (κ3) is 5.30. The van der Waals surface area contributed by atoms with Gasteiger partial charge in [-0.1, -0.05) is 13.8 Å². The number of rotatable bonds is 7. The van der Waals surface area contributed by atoms with Gasteiger partial charge in [-0.3, -0.25) is 0 Å². The lowest BCUT2D eigenvalue weighted by Crippen LogP contribution is -2.30. The minimum absolute atomic E-state index is 0.312. The van der Waals surface area contributed by atoms with Gasteiger partial charge >= 0.3 is 0 Å². The lowest BCUT2D eigenvalue weighted by atomic mass is 9.90. The fourth-order valence-corrected chi connectivity index (χ4v) is 2.07. The second kappa shape index (κ2) is 6.26. The van der Waals surface area contributed by atoms with E-state index in [0.29, 0.717) is 5.41 Å². The second-order valence-corrected chi connectivity index (χ2v) is 5.42. The molecule has 0 fully saturated rings. The van der Waals surface area contributed by atoms with E-state index < -0.39 is 0 Å². The summed E-state index contributed by atoms with van der Waals surface area (Å²) >= 11 is 1.75. The van der Waals surface area contributed by atoms with Crippen molar-refractivity contribution in [3.05, 3.63) is 22.4 Å². The van der Waals surface area contributed by atoms with E-state index in [1.807, 2.05) is 0 Å². The van der Waals surface area contributed by atoms with Crippen LogP contribution in [0.4, 0.5) is 0 Å². The first-order valence-electron chi connectivity index (χ1n) is 5.35. The number of hydrogen-bond acceptors (Lipinski definition) is 3.